The molecule has 1 heteroatoms. The van der Waals surface area contributed by atoms with E-state index in [4.69, 9.17) is 0 Å². The Kier molecular flexibility index (Phi) is 7.74. The minimum Gasteiger partial charge on any atom is -0.310 e. The van der Waals surface area contributed by atoms with Crippen LogP contribution >= 0.6 is 0 Å². The van der Waals surface area contributed by atoms with Gasteiger partial charge in [0.15, 0.2) is 0 Å². The van der Waals surface area contributed by atoms with Crippen LogP contribution in [0, 0.1) is 0 Å². The third kappa shape index (κ3) is 4.73. The molecule has 17 rings (SSSR count). The molecule has 2 unspecified atom stereocenters. The normalized spacial score (nSPS) is 17.8. The molecule has 12 aromatic carbocycles. The number of rotatable bonds is 3. The summed E-state index contributed by atoms with van der Waals surface area (Å²) in [6.07, 6.45) is 0. The first-order chi connectivity index (χ1) is 36.5. The second-order valence-corrected chi connectivity index (χ2v) is 21.8. The zero-order chi connectivity index (χ0) is 48.7. The number of benzene rings is 12. The zero-order valence-electron chi connectivity index (χ0n) is 41.1. The molecule has 0 aliphatic heterocycles. The summed E-state index contributed by atoms with van der Waals surface area (Å²) in [4.78, 5) is 2.61. The van der Waals surface area contributed by atoms with Crippen molar-refractivity contribution in [2.24, 2.45) is 0 Å². The molecule has 344 valence electrons. The van der Waals surface area contributed by atoms with Crippen LogP contribution in [0.3, 0.4) is 0 Å². The summed E-state index contributed by atoms with van der Waals surface area (Å²) in [5, 5.41) is 5.15. The lowest BCUT2D eigenvalue weighted by molar-refractivity contribution is 0.660. The van der Waals surface area contributed by atoms with Crippen LogP contribution in [0.4, 0.5) is 17.1 Å². The maximum atomic E-state index is 2.61. The Labute approximate surface area is 431 Å². The van der Waals surface area contributed by atoms with Crippen molar-refractivity contribution in [1.29, 1.82) is 0 Å². The summed E-state index contributed by atoms with van der Waals surface area (Å²) >= 11 is 0. The van der Waals surface area contributed by atoms with Crippen molar-refractivity contribution >= 4 is 38.6 Å². The highest BCUT2D eigenvalue weighted by atomic mass is 15.1. The van der Waals surface area contributed by atoms with E-state index in [1.807, 2.05) is 0 Å². The third-order valence-corrected chi connectivity index (χ3v) is 18.3. The van der Waals surface area contributed by atoms with Crippen LogP contribution in [0.5, 0.6) is 0 Å². The molecule has 74 heavy (non-hydrogen) atoms. The van der Waals surface area contributed by atoms with E-state index in [9.17, 15) is 0 Å². The van der Waals surface area contributed by atoms with Crippen LogP contribution < -0.4 is 4.90 Å². The third-order valence-electron chi connectivity index (χ3n) is 18.3. The van der Waals surface area contributed by atoms with Crippen LogP contribution in [-0.2, 0) is 16.2 Å². The van der Waals surface area contributed by atoms with Crippen molar-refractivity contribution in [2.45, 2.75) is 30.1 Å². The SMILES string of the molecule is CC1(C)c2ccccc2-c2ccc(N(c3ccc4c(c3)-c3ccccc3C43c4ccccc4-c4c3ccc3ccccc43)c3cccc4c3-c3ccccc3C43c4ccccc4-c4c3ccc3ccccc43)cc21. The minimum atomic E-state index is -0.512. The van der Waals surface area contributed by atoms with Gasteiger partial charge in [-0.15, -0.1) is 0 Å². The van der Waals surface area contributed by atoms with Gasteiger partial charge >= 0.3 is 0 Å². The van der Waals surface area contributed by atoms with Crippen LogP contribution in [0.2, 0.25) is 0 Å². The van der Waals surface area contributed by atoms with Crippen molar-refractivity contribution in [3.63, 3.8) is 0 Å². The van der Waals surface area contributed by atoms with Crippen LogP contribution in [0.15, 0.2) is 249 Å². The molecule has 12 aromatic rings. The maximum Gasteiger partial charge on any atom is 0.0726 e. The fourth-order valence-corrected chi connectivity index (χ4v) is 15.4. The number of nitrogens with zero attached hydrogens (tertiary/aromatic N) is 1. The average molecular weight is 938 g/mol. The predicted octanol–water partition coefficient (Wildman–Crippen LogP) is 18.5. The Bertz CT molecular complexity index is 4490. The van der Waals surface area contributed by atoms with Crippen LogP contribution in [0.1, 0.15) is 69.5 Å². The van der Waals surface area contributed by atoms with E-state index in [1.165, 1.54) is 139 Å². The van der Waals surface area contributed by atoms with E-state index in [0.717, 1.165) is 11.4 Å². The summed E-state index contributed by atoms with van der Waals surface area (Å²) in [6.45, 7) is 4.80. The van der Waals surface area contributed by atoms with Crippen molar-refractivity contribution in [3.05, 3.63) is 304 Å². The lowest BCUT2D eigenvalue weighted by Gasteiger charge is -2.33. The quantitative estimate of drug-likeness (QED) is 0.171. The first-order valence-electron chi connectivity index (χ1n) is 26.3. The molecule has 0 radical (unpaired) electrons. The summed E-state index contributed by atoms with van der Waals surface area (Å²) in [7, 11) is 0. The van der Waals surface area contributed by atoms with E-state index in [-0.39, 0.29) is 5.41 Å². The molecule has 0 saturated carbocycles. The molecule has 5 aliphatic rings. The van der Waals surface area contributed by atoms with Gasteiger partial charge in [0.2, 0.25) is 0 Å². The Balaban J connectivity index is 0.953. The van der Waals surface area contributed by atoms with Crippen molar-refractivity contribution in [3.8, 4) is 55.6 Å². The molecule has 0 N–H and O–H groups in total. The second-order valence-electron chi connectivity index (χ2n) is 21.8. The van der Waals surface area contributed by atoms with Gasteiger partial charge in [-0.25, -0.2) is 0 Å². The summed E-state index contributed by atoms with van der Waals surface area (Å²) in [5.74, 6) is 0. The van der Waals surface area contributed by atoms with Gasteiger partial charge in [-0.1, -0.05) is 232 Å². The number of fused-ring (bicyclic) bond motifs is 27. The standard InChI is InChI=1S/C73H47N/c1-71(2)57-27-12-7-22-50(57)52-38-36-47(43-66(52)71)74(46-37-41-62-56(42-46)51-23-8-13-28-58(51)72(62)59-29-14-9-24-53(59)68-48-20-5-3-18-44(48)34-39-64(68)72)67-33-17-32-63-70(67)55-26-11-16-31-61(55)73(63)60-30-15-10-25-54(60)69-49-21-6-4-19-45(49)35-40-65(69)73/h3-43H,1-2H3. The number of hydrogen-bond donors (Lipinski definition) is 0. The minimum absolute atomic E-state index is 0.181. The molecule has 2 spiro atoms. The van der Waals surface area contributed by atoms with Gasteiger partial charge < -0.3 is 4.90 Å². The summed E-state index contributed by atoms with van der Waals surface area (Å²) < 4.78 is 0. The molecule has 0 aromatic heterocycles. The first kappa shape index (κ1) is 40.5. The lowest BCUT2D eigenvalue weighted by atomic mass is 9.70. The van der Waals surface area contributed by atoms with Gasteiger partial charge in [-0.2, -0.15) is 0 Å². The molecule has 0 bridgehead atoms. The fraction of sp³-hybridized carbons (Fsp3) is 0.0685. The lowest BCUT2D eigenvalue weighted by Crippen LogP contribution is -2.26. The molecule has 5 aliphatic carbocycles. The monoisotopic (exact) mass is 937 g/mol. The van der Waals surface area contributed by atoms with Gasteiger partial charge in [0.25, 0.3) is 0 Å². The molecule has 1 nitrogen and oxygen atoms in total. The van der Waals surface area contributed by atoms with Gasteiger partial charge in [0.05, 0.1) is 16.5 Å². The van der Waals surface area contributed by atoms with Gasteiger partial charge in [0.1, 0.15) is 0 Å². The van der Waals surface area contributed by atoms with E-state index < -0.39 is 10.8 Å². The fourth-order valence-electron chi connectivity index (χ4n) is 15.4. The number of anilines is 3. The average Bonchev–Trinajstić information content (AvgIpc) is 4.21. The maximum absolute atomic E-state index is 2.61. The Morgan fingerprint density at radius 3 is 1.26 bits per heavy atom. The largest absolute Gasteiger partial charge is 0.310 e. The first-order valence-corrected chi connectivity index (χ1v) is 26.3. The van der Waals surface area contributed by atoms with Crippen LogP contribution in [0.25, 0.3) is 77.2 Å². The van der Waals surface area contributed by atoms with E-state index in [1.54, 1.807) is 0 Å². The van der Waals surface area contributed by atoms with E-state index >= 15 is 0 Å². The molecular formula is C73H47N. The topological polar surface area (TPSA) is 3.24 Å². The van der Waals surface area contributed by atoms with Gasteiger partial charge in [-0.3, -0.25) is 0 Å². The smallest absolute Gasteiger partial charge is 0.0726 e. The molecule has 0 fully saturated rings. The molecular weight excluding hydrogens is 891 g/mol. The second kappa shape index (κ2) is 14.1. The Morgan fingerprint density at radius 1 is 0.257 bits per heavy atom. The highest BCUT2D eigenvalue weighted by molar-refractivity contribution is 6.09. The Morgan fingerprint density at radius 2 is 0.649 bits per heavy atom. The van der Waals surface area contributed by atoms with E-state index in [2.05, 4.69) is 267 Å². The van der Waals surface area contributed by atoms with Crippen molar-refractivity contribution in [2.75, 3.05) is 4.90 Å². The van der Waals surface area contributed by atoms with Crippen molar-refractivity contribution < 1.29 is 0 Å². The molecule has 2 atom stereocenters. The summed E-state index contributed by atoms with van der Waals surface area (Å²) in [5.41, 5.74) is 28.9. The van der Waals surface area contributed by atoms with Crippen molar-refractivity contribution in [1.82, 2.24) is 0 Å². The van der Waals surface area contributed by atoms with Gasteiger partial charge in [0, 0.05) is 22.4 Å². The zero-order valence-corrected chi connectivity index (χ0v) is 41.1. The highest BCUT2D eigenvalue weighted by Crippen LogP contribution is 2.67. The number of hydrogen-bond acceptors (Lipinski definition) is 1. The van der Waals surface area contributed by atoms with E-state index in [0.29, 0.717) is 0 Å². The summed E-state index contributed by atoms with van der Waals surface area (Å²) in [6, 6.07) is 95.3. The molecule has 0 saturated heterocycles. The molecule has 0 amide bonds. The molecule has 0 heterocycles. The van der Waals surface area contributed by atoms with Crippen LogP contribution in [-0.4, -0.2) is 0 Å². The predicted molar refractivity (Wildman–Crippen MR) is 306 cm³/mol. The highest BCUT2D eigenvalue weighted by Gasteiger charge is 2.54. The Hall–Kier alpha value is -9.04. The van der Waals surface area contributed by atoms with Gasteiger partial charge in [-0.05, 0) is 158 Å².